The number of nitrogens with one attached hydrogen (secondary N) is 1. The number of benzene rings is 1. The van der Waals surface area contributed by atoms with Crippen molar-refractivity contribution in [3.05, 3.63) is 51.7 Å². The predicted octanol–water partition coefficient (Wildman–Crippen LogP) is 1.88. The van der Waals surface area contributed by atoms with Gasteiger partial charge in [0.15, 0.2) is 17.3 Å². The van der Waals surface area contributed by atoms with E-state index in [1.165, 1.54) is 19.3 Å². The Morgan fingerprint density at radius 1 is 1.17 bits per heavy atom. The molecule has 4 aliphatic rings. The fourth-order valence-corrected chi connectivity index (χ4v) is 5.30. The number of cyclic esters (lactones) is 1. The Hall–Kier alpha value is -3.93. The summed E-state index contributed by atoms with van der Waals surface area (Å²) in [4.78, 5) is 61.7. The highest BCUT2D eigenvalue weighted by atomic mass is 35.5. The molecular formula is C23H20ClN3O9. The molecule has 188 valence electrons. The molecule has 0 bridgehead atoms. The number of carbonyl (C=O) groups is 4. The number of esters is 1. The highest BCUT2D eigenvalue weighted by molar-refractivity contribution is 6.47. The molecule has 1 N–H and O–H groups in total. The van der Waals surface area contributed by atoms with Gasteiger partial charge in [-0.1, -0.05) is 0 Å². The summed E-state index contributed by atoms with van der Waals surface area (Å²) in [6, 6.07) is 1.79. The smallest absolute Gasteiger partial charge is 0.340 e. The number of urea groups is 1. The molecule has 1 unspecified atom stereocenters. The van der Waals surface area contributed by atoms with Crippen molar-refractivity contribution in [2.75, 3.05) is 32.9 Å². The highest BCUT2D eigenvalue weighted by Gasteiger charge is 2.54. The number of fused-ring (bicyclic) bond motifs is 3. The molecule has 1 aromatic rings. The lowest BCUT2D eigenvalue weighted by molar-refractivity contribution is -0.141. The monoisotopic (exact) mass is 517 g/mol. The van der Waals surface area contributed by atoms with Crippen molar-refractivity contribution in [1.82, 2.24) is 10.3 Å². The van der Waals surface area contributed by atoms with Crippen LogP contribution in [0.5, 0.6) is 11.5 Å². The van der Waals surface area contributed by atoms with Gasteiger partial charge in [-0.3, -0.25) is 14.4 Å². The van der Waals surface area contributed by atoms with Gasteiger partial charge < -0.3 is 24.3 Å². The average molecular weight is 518 g/mol. The molecule has 0 radical (unpaired) electrons. The normalized spacial score (nSPS) is 25.8. The number of hydrogen-bond acceptors (Lipinski definition) is 10. The van der Waals surface area contributed by atoms with E-state index in [4.69, 9.17) is 30.5 Å². The Morgan fingerprint density at radius 3 is 2.56 bits per heavy atom. The number of ketones is 2. The van der Waals surface area contributed by atoms with Crippen molar-refractivity contribution in [2.24, 2.45) is 17.1 Å². The van der Waals surface area contributed by atoms with Crippen LogP contribution < -0.4 is 14.8 Å². The minimum absolute atomic E-state index is 0.0100. The van der Waals surface area contributed by atoms with E-state index >= 15 is 0 Å². The van der Waals surface area contributed by atoms with Crippen molar-refractivity contribution in [3.63, 3.8) is 0 Å². The fourth-order valence-electron chi connectivity index (χ4n) is 5.14. The number of methoxy groups -OCH3 is 1. The van der Waals surface area contributed by atoms with Gasteiger partial charge in [-0.25, -0.2) is 4.79 Å². The van der Waals surface area contributed by atoms with Gasteiger partial charge in [0, 0.05) is 17.7 Å². The number of rotatable bonds is 6. The van der Waals surface area contributed by atoms with Gasteiger partial charge in [-0.15, -0.1) is 16.5 Å². The maximum atomic E-state index is 13.0. The van der Waals surface area contributed by atoms with E-state index in [0.29, 0.717) is 33.2 Å². The van der Waals surface area contributed by atoms with Gasteiger partial charge in [0.1, 0.15) is 0 Å². The Bertz CT molecular complexity index is 1240. The Morgan fingerprint density at radius 2 is 1.89 bits per heavy atom. The second kappa shape index (κ2) is 9.26. The Kier molecular flexibility index (Phi) is 6.12. The summed E-state index contributed by atoms with van der Waals surface area (Å²) in [6.07, 6.45) is 2.62. The lowest BCUT2D eigenvalue weighted by Gasteiger charge is -2.40. The first-order valence-corrected chi connectivity index (χ1v) is 11.5. The summed E-state index contributed by atoms with van der Waals surface area (Å²) in [5.41, 5.74) is 1.52. The van der Waals surface area contributed by atoms with Crippen molar-refractivity contribution < 1.29 is 38.1 Å². The number of nitrogens with zero attached hydrogens (tertiary/aromatic N) is 2. The molecule has 5 rings (SSSR count). The maximum Gasteiger partial charge on any atom is 0.340 e. The number of hydrogen-bond donors (Lipinski definition) is 1. The quantitative estimate of drug-likeness (QED) is 0.149. The first-order valence-electron chi connectivity index (χ1n) is 11.0. The summed E-state index contributed by atoms with van der Waals surface area (Å²) >= 11 is 5.68. The van der Waals surface area contributed by atoms with Gasteiger partial charge in [0.2, 0.25) is 12.6 Å². The summed E-state index contributed by atoms with van der Waals surface area (Å²) in [7, 11) is 1.28. The molecule has 13 heteroatoms. The van der Waals surface area contributed by atoms with Crippen LogP contribution in [0.15, 0.2) is 40.9 Å². The standard InChI is InChI=1S/C23H20ClN3O9/c1-33-17-5-10(4-14(28)21(17)29)18-11-6-15-16(36-9-35-15)7-12(11)20(13-8-34-22(30)19(13)18)25-23(31)27(26-32)3-2-24/h4-7,13,18-20H,2-3,8-9H2,1H3,(H,25,31)/t13-,18+,19-,20?/m0/s1. The van der Waals surface area contributed by atoms with Crippen LogP contribution in [0.25, 0.3) is 0 Å². The van der Waals surface area contributed by atoms with Crippen LogP contribution in [-0.4, -0.2) is 61.5 Å². The summed E-state index contributed by atoms with van der Waals surface area (Å²) < 4.78 is 21.6. The second-order valence-electron chi connectivity index (χ2n) is 8.50. The zero-order valence-electron chi connectivity index (χ0n) is 18.9. The molecular weight excluding hydrogens is 498 g/mol. The Labute approximate surface area is 209 Å². The molecule has 4 atom stereocenters. The highest BCUT2D eigenvalue weighted by Crippen LogP contribution is 2.54. The molecule has 2 aliphatic heterocycles. The minimum Gasteiger partial charge on any atom is -0.492 e. The number of carbonyl (C=O) groups excluding carboxylic acids is 4. The molecule has 2 aliphatic carbocycles. The third-order valence-electron chi connectivity index (χ3n) is 6.72. The number of Topliss-reactive ketones (excluding diaryl/α,β-unsaturated/α-hetero) is 1. The fraction of sp³-hybridized carbons (Fsp3) is 0.391. The molecule has 1 fully saturated rings. The van der Waals surface area contributed by atoms with E-state index in [9.17, 15) is 24.1 Å². The van der Waals surface area contributed by atoms with Gasteiger partial charge in [-0.2, -0.15) is 5.01 Å². The molecule has 1 saturated heterocycles. The van der Waals surface area contributed by atoms with Gasteiger partial charge in [0.05, 0.1) is 37.5 Å². The predicted molar refractivity (Wildman–Crippen MR) is 121 cm³/mol. The zero-order valence-corrected chi connectivity index (χ0v) is 19.6. The second-order valence-corrected chi connectivity index (χ2v) is 8.88. The number of halogens is 1. The molecule has 1 aromatic carbocycles. The van der Waals surface area contributed by atoms with Crippen LogP contribution in [0.3, 0.4) is 0 Å². The number of alkyl halides is 1. The van der Waals surface area contributed by atoms with E-state index in [0.717, 1.165) is 0 Å². The molecule has 0 aromatic heterocycles. The molecule has 0 saturated carbocycles. The molecule has 2 heterocycles. The molecule has 0 spiro atoms. The van der Waals surface area contributed by atoms with Crippen LogP contribution in [0, 0.1) is 16.7 Å². The number of allylic oxidation sites excluding steroid dienone is 4. The van der Waals surface area contributed by atoms with Crippen LogP contribution in [-0.2, 0) is 23.9 Å². The third kappa shape index (κ3) is 3.77. The average Bonchev–Trinajstić information content (AvgIpc) is 3.49. The maximum absolute atomic E-state index is 13.0. The van der Waals surface area contributed by atoms with E-state index in [1.54, 1.807) is 12.1 Å². The van der Waals surface area contributed by atoms with Crippen molar-refractivity contribution in [3.8, 4) is 11.5 Å². The number of ether oxygens (including phenoxy) is 4. The van der Waals surface area contributed by atoms with Crippen molar-refractivity contribution >= 4 is 35.2 Å². The first-order chi connectivity index (χ1) is 17.4. The summed E-state index contributed by atoms with van der Waals surface area (Å²) in [6.45, 7) is -0.155. The van der Waals surface area contributed by atoms with E-state index < -0.39 is 47.4 Å². The van der Waals surface area contributed by atoms with E-state index in [2.05, 4.69) is 10.6 Å². The first kappa shape index (κ1) is 23.8. The SMILES string of the molecule is COC1=CC([C@@H]2c3cc4c(cc3C(NC(=O)N(CCCl)N=O)[C@H]3COC(=O)[C@H]23)OCO4)=CC(=O)C1=O. The zero-order chi connectivity index (χ0) is 25.6. The van der Waals surface area contributed by atoms with Crippen LogP contribution in [0.2, 0.25) is 0 Å². The molecule has 12 nitrogen and oxygen atoms in total. The van der Waals surface area contributed by atoms with Gasteiger partial charge in [0.25, 0.3) is 5.78 Å². The lowest BCUT2D eigenvalue weighted by Crippen LogP contribution is -2.46. The van der Waals surface area contributed by atoms with Crippen molar-refractivity contribution in [1.29, 1.82) is 0 Å². The molecule has 36 heavy (non-hydrogen) atoms. The summed E-state index contributed by atoms with van der Waals surface area (Å²) in [5, 5.41) is 6.15. The number of amides is 2. The van der Waals surface area contributed by atoms with Crippen molar-refractivity contribution in [2.45, 2.75) is 12.0 Å². The van der Waals surface area contributed by atoms with E-state index in [1.807, 2.05) is 0 Å². The van der Waals surface area contributed by atoms with Crippen LogP contribution in [0.1, 0.15) is 23.1 Å². The third-order valence-corrected chi connectivity index (χ3v) is 6.89. The topological polar surface area (TPSA) is 150 Å². The van der Waals surface area contributed by atoms with Crippen LogP contribution in [0.4, 0.5) is 4.79 Å². The number of nitroso groups, excluding NO2 is 1. The molecule has 2 amide bonds. The van der Waals surface area contributed by atoms with Crippen LogP contribution >= 0.6 is 11.6 Å². The summed E-state index contributed by atoms with van der Waals surface area (Å²) in [5.74, 6) is -3.52. The Balaban J connectivity index is 1.65. The van der Waals surface area contributed by atoms with Gasteiger partial charge >= 0.3 is 12.0 Å². The van der Waals surface area contributed by atoms with E-state index in [-0.39, 0.29) is 31.6 Å². The lowest BCUT2D eigenvalue weighted by atomic mass is 9.64. The van der Waals surface area contributed by atoms with Gasteiger partial charge in [-0.05, 0) is 41.0 Å². The largest absolute Gasteiger partial charge is 0.492 e. The minimum atomic E-state index is -0.824.